The Hall–Kier alpha value is 3.28. The fourth-order valence-electron chi connectivity index (χ4n) is 0. The zero-order valence-corrected chi connectivity index (χ0v) is 9.57. The molecule has 0 fully saturated rings. The molecule has 0 radical (unpaired) electrons. The van der Waals surface area contributed by atoms with Crippen LogP contribution in [0, 0.1) is 41.7 Å². The molecule has 0 unspecified atom stereocenters. The summed E-state index contributed by atoms with van der Waals surface area (Å²) >= 11 is 0. The molecule has 0 rings (SSSR count). The van der Waals surface area contributed by atoms with E-state index in [1.807, 2.05) is 0 Å². The molecule has 0 aliphatic carbocycles. The summed E-state index contributed by atoms with van der Waals surface area (Å²) in [5, 5.41) is 0. The third-order valence-corrected chi connectivity index (χ3v) is 0. The van der Waals surface area contributed by atoms with Gasteiger partial charge >= 0.3 is 37.7 Å². The van der Waals surface area contributed by atoms with Gasteiger partial charge in [0, 0.05) is 41.7 Å². The van der Waals surface area contributed by atoms with Crippen molar-refractivity contribution < 1.29 is 61.0 Å². The molecule has 0 aromatic rings. The molecule has 0 aromatic heterocycles. The molecular formula is H4AlCaCeO4P. The zero-order valence-electron chi connectivity index (χ0n) is 3.33. The Kier molecular flexibility index (Phi) is 28.9. The van der Waals surface area contributed by atoms with E-state index in [9.17, 15) is 0 Å². The van der Waals surface area contributed by atoms with Gasteiger partial charge in [0.1, 0.15) is 0 Å². The average molecular weight is 306 g/mol. The first-order valence-electron chi connectivity index (χ1n) is 0.748. The monoisotopic (exact) mass is 306 g/mol. The van der Waals surface area contributed by atoms with Crippen LogP contribution in [0.5, 0.6) is 0 Å². The Bertz CT molecular complexity index is 62.2. The van der Waals surface area contributed by atoms with Crippen molar-refractivity contribution in [1.29, 1.82) is 0 Å². The van der Waals surface area contributed by atoms with Crippen LogP contribution in [0.4, 0.5) is 0 Å². The first kappa shape index (κ1) is 22.5. The number of phosphoric acid groups is 1. The van der Waals surface area contributed by atoms with Crippen LogP contribution in [0.2, 0.25) is 0 Å². The average Bonchev–Trinajstić information content (AvgIpc) is 0.722. The summed E-state index contributed by atoms with van der Waals surface area (Å²) in [7, 11) is -5.14. The fourth-order valence-corrected chi connectivity index (χ4v) is 0. The van der Waals surface area contributed by atoms with Crippen molar-refractivity contribution in [3.05, 3.63) is 0 Å². The van der Waals surface area contributed by atoms with Crippen molar-refractivity contribution in [2.24, 2.45) is 0 Å². The van der Waals surface area contributed by atoms with E-state index < -0.39 is 7.82 Å². The van der Waals surface area contributed by atoms with E-state index in [0.29, 0.717) is 0 Å². The Labute approximate surface area is 121 Å². The Morgan fingerprint density at radius 3 is 1.38 bits per heavy atom. The summed E-state index contributed by atoms with van der Waals surface area (Å²) in [5.74, 6) is 0. The first-order valence-corrected chi connectivity index (χ1v) is 2.24. The molecule has 1 N–H and O–H groups in total. The van der Waals surface area contributed by atoms with Gasteiger partial charge < -0.3 is 19.2 Å². The van der Waals surface area contributed by atoms with Gasteiger partial charge in [-0.2, -0.15) is 0 Å². The number of rotatable bonds is 0. The van der Waals surface area contributed by atoms with E-state index in [1.165, 1.54) is 0 Å². The van der Waals surface area contributed by atoms with Crippen molar-refractivity contribution in [2.75, 3.05) is 0 Å². The third-order valence-electron chi connectivity index (χ3n) is 0. The summed E-state index contributed by atoms with van der Waals surface area (Å²) in [4.78, 5) is 24.3. The fraction of sp³-hybridized carbons (Fsp3) is 0. The van der Waals surface area contributed by atoms with Gasteiger partial charge in [-0.1, -0.05) is 0 Å². The number of hydrogen-bond acceptors (Lipinski definition) is 3. The van der Waals surface area contributed by atoms with Gasteiger partial charge in [0.25, 0.3) is 0 Å². The predicted octanol–water partition coefficient (Wildman–Crippen LogP) is -3.76. The molecule has 0 bridgehead atoms. The molecule has 42 valence electrons. The summed E-state index contributed by atoms with van der Waals surface area (Å²) in [6.45, 7) is 0. The normalized spacial score (nSPS) is 7.38. The van der Waals surface area contributed by atoms with Crippen molar-refractivity contribution >= 4 is 62.9 Å². The Morgan fingerprint density at radius 2 is 1.38 bits per heavy atom. The molecule has 8 heteroatoms. The second-order valence-electron chi connectivity index (χ2n) is 0.469. The van der Waals surface area contributed by atoms with Crippen molar-refractivity contribution in [2.45, 2.75) is 0 Å². The van der Waals surface area contributed by atoms with Gasteiger partial charge in [0.15, 0.2) is 17.4 Å². The topological polar surface area (TPSA) is 83.4 Å². The van der Waals surface area contributed by atoms with E-state index in [-0.39, 0.29) is 96.8 Å². The van der Waals surface area contributed by atoms with Crippen LogP contribution in [0.3, 0.4) is 0 Å². The standard InChI is InChI=1S/Al.Ca.Ce.H3O4P.3H/c;;;1-5(2,3)4;;;/h;;;(H3,1,2,3,4);;;/q;+2;;;;;/p-2. The molecule has 4 nitrogen and oxygen atoms in total. The maximum atomic E-state index is 8.66. The predicted molar refractivity (Wildman–Crippen MR) is 25.5 cm³/mol. The molecule has 0 atom stereocenters. The smallest absolute Gasteiger partial charge is 0.790 e. The Balaban J connectivity index is -0.0000000267. The molecule has 0 aliphatic rings. The maximum absolute atomic E-state index is 8.66. The van der Waals surface area contributed by atoms with E-state index in [4.69, 9.17) is 19.2 Å². The minimum Gasteiger partial charge on any atom is -0.790 e. The van der Waals surface area contributed by atoms with Crippen LogP contribution in [-0.2, 0) is 4.57 Å². The molecule has 0 amide bonds. The van der Waals surface area contributed by atoms with Gasteiger partial charge in [-0.25, -0.2) is 0 Å². The van der Waals surface area contributed by atoms with Gasteiger partial charge in [-0.15, -0.1) is 0 Å². The third kappa shape index (κ3) is 59.2. The maximum Gasteiger partial charge on any atom is 2.00 e. The van der Waals surface area contributed by atoms with Crippen LogP contribution in [0.25, 0.3) is 0 Å². The molecule has 0 heterocycles. The van der Waals surface area contributed by atoms with Crippen LogP contribution in [-0.4, -0.2) is 60.0 Å². The van der Waals surface area contributed by atoms with Crippen LogP contribution >= 0.6 is 7.82 Å². The SMILES string of the molecule is O=P([O-])([O-])O.[AlH3].[Ca+2].[Ce]. The zero-order chi connectivity index (χ0) is 4.50. The summed E-state index contributed by atoms with van der Waals surface area (Å²) in [5.41, 5.74) is 0. The second-order valence-corrected chi connectivity index (χ2v) is 1.41. The quantitative estimate of drug-likeness (QED) is 0.368. The van der Waals surface area contributed by atoms with E-state index in [2.05, 4.69) is 0 Å². The summed E-state index contributed by atoms with van der Waals surface area (Å²) in [6, 6.07) is 0. The molecular weight excluding hydrogens is 302 g/mol. The van der Waals surface area contributed by atoms with Crippen LogP contribution in [0.1, 0.15) is 0 Å². The van der Waals surface area contributed by atoms with Gasteiger partial charge in [0.2, 0.25) is 0 Å². The van der Waals surface area contributed by atoms with Gasteiger partial charge in [-0.05, 0) is 0 Å². The molecule has 0 aromatic carbocycles. The minimum absolute atomic E-state index is 0. The number of hydrogen-bond donors (Lipinski definition) is 1. The molecule has 0 aliphatic heterocycles. The Morgan fingerprint density at radius 1 is 1.38 bits per heavy atom. The second kappa shape index (κ2) is 10.3. The van der Waals surface area contributed by atoms with Crippen molar-refractivity contribution in [3.63, 3.8) is 0 Å². The van der Waals surface area contributed by atoms with Gasteiger partial charge in [-0.3, -0.25) is 0 Å². The first-order chi connectivity index (χ1) is 2.00. The minimum atomic E-state index is -5.14. The molecule has 0 spiro atoms. The van der Waals surface area contributed by atoms with Crippen LogP contribution in [0.15, 0.2) is 0 Å². The van der Waals surface area contributed by atoms with E-state index in [1.54, 1.807) is 0 Å². The molecule has 0 saturated carbocycles. The van der Waals surface area contributed by atoms with Crippen molar-refractivity contribution in [1.82, 2.24) is 0 Å². The van der Waals surface area contributed by atoms with Crippen molar-refractivity contribution in [3.8, 4) is 0 Å². The van der Waals surface area contributed by atoms with E-state index >= 15 is 0 Å². The summed E-state index contributed by atoms with van der Waals surface area (Å²) in [6.07, 6.45) is 0. The van der Waals surface area contributed by atoms with Crippen LogP contribution < -0.4 is 9.79 Å². The largest absolute Gasteiger partial charge is 2.00 e. The van der Waals surface area contributed by atoms with Gasteiger partial charge in [0.05, 0.1) is 7.82 Å². The van der Waals surface area contributed by atoms with E-state index in [0.717, 1.165) is 0 Å². The molecule has 8 heavy (non-hydrogen) atoms. The molecule has 0 saturated heterocycles. The summed E-state index contributed by atoms with van der Waals surface area (Å²) < 4.78 is 8.66.